The van der Waals surface area contributed by atoms with Gasteiger partial charge in [0.2, 0.25) is 0 Å². The number of rotatable bonds is 4. The van der Waals surface area contributed by atoms with Crippen molar-refractivity contribution in [2.45, 2.75) is 0 Å². The van der Waals surface area contributed by atoms with Crippen LogP contribution in [0.4, 0.5) is 5.69 Å². The fraction of sp³-hybridized carbons (Fsp3) is 0.154. The fourth-order valence-corrected chi connectivity index (χ4v) is 1.21. The van der Waals surface area contributed by atoms with Crippen LogP contribution in [-0.4, -0.2) is 14.2 Å². The highest BCUT2D eigenvalue weighted by Crippen LogP contribution is 2.16. The summed E-state index contributed by atoms with van der Waals surface area (Å²) in [6, 6.07) is 11.8. The van der Waals surface area contributed by atoms with Crippen molar-refractivity contribution < 1.29 is 4.74 Å². The van der Waals surface area contributed by atoms with Crippen molar-refractivity contribution >= 4 is 5.69 Å². The van der Waals surface area contributed by atoms with Crippen molar-refractivity contribution in [3.05, 3.63) is 54.4 Å². The van der Waals surface area contributed by atoms with Crippen LogP contribution in [0.3, 0.4) is 0 Å². The van der Waals surface area contributed by atoms with E-state index in [4.69, 9.17) is 10.00 Å². The molecular weight excluding hydrogens is 200 g/mol. The number of benzene rings is 1. The molecule has 3 nitrogen and oxygen atoms in total. The monoisotopic (exact) mass is 214 g/mol. The molecule has 0 amide bonds. The predicted molar refractivity (Wildman–Crippen MR) is 64.7 cm³/mol. The maximum absolute atomic E-state index is 9.05. The first kappa shape index (κ1) is 11.9. The molecule has 0 aromatic heterocycles. The van der Waals surface area contributed by atoms with Crippen molar-refractivity contribution in [3.63, 3.8) is 0 Å². The molecule has 0 spiro atoms. The lowest BCUT2D eigenvalue weighted by atomic mass is 10.2. The second-order valence-electron chi connectivity index (χ2n) is 3.21. The van der Waals surface area contributed by atoms with E-state index >= 15 is 0 Å². The molecule has 16 heavy (non-hydrogen) atoms. The van der Waals surface area contributed by atoms with Crippen molar-refractivity contribution in [3.8, 4) is 6.07 Å². The first-order valence-electron chi connectivity index (χ1n) is 4.82. The Morgan fingerprint density at radius 1 is 1.44 bits per heavy atom. The fourth-order valence-electron chi connectivity index (χ4n) is 1.21. The Labute approximate surface area is 95.9 Å². The van der Waals surface area contributed by atoms with Gasteiger partial charge in [0, 0.05) is 18.8 Å². The normalized spacial score (nSPS) is 10.4. The molecule has 0 aliphatic rings. The summed E-state index contributed by atoms with van der Waals surface area (Å²) < 4.78 is 4.92. The molecule has 1 aromatic carbocycles. The molecule has 0 unspecified atom stereocenters. The van der Waals surface area contributed by atoms with Crippen LogP contribution in [-0.2, 0) is 4.74 Å². The summed E-state index contributed by atoms with van der Waals surface area (Å²) in [5, 5.41) is 9.05. The molecule has 0 bridgehead atoms. The van der Waals surface area contributed by atoms with Gasteiger partial charge in [0.25, 0.3) is 0 Å². The number of ether oxygens (including phenoxy) is 1. The number of anilines is 1. The van der Waals surface area contributed by atoms with E-state index in [-0.39, 0.29) is 0 Å². The van der Waals surface area contributed by atoms with Crippen LogP contribution in [0.1, 0.15) is 0 Å². The summed E-state index contributed by atoms with van der Waals surface area (Å²) in [5.74, 6) is 0.458. The quantitative estimate of drug-likeness (QED) is 0.439. The van der Waals surface area contributed by atoms with E-state index in [0.29, 0.717) is 11.5 Å². The van der Waals surface area contributed by atoms with Gasteiger partial charge in [0.1, 0.15) is 17.5 Å². The zero-order chi connectivity index (χ0) is 12.0. The molecule has 82 valence electrons. The van der Waals surface area contributed by atoms with E-state index in [2.05, 4.69) is 12.6 Å². The molecule has 0 radical (unpaired) electrons. The van der Waals surface area contributed by atoms with Gasteiger partial charge in [-0.05, 0) is 12.1 Å². The minimum Gasteiger partial charge on any atom is -0.497 e. The van der Waals surface area contributed by atoms with Gasteiger partial charge in [-0.3, -0.25) is 0 Å². The average molecular weight is 214 g/mol. The molecule has 0 saturated carbocycles. The number of nitrogens with zero attached hydrogens (tertiary/aromatic N) is 2. The van der Waals surface area contributed by atoms with Crippen LogP contribution >= 0.6 is 0 Å². The molecular formula is C13H14N2O. The first-order chi connectivity index (χ1) is 7.69. The van der Waals surface area contributed by atoms with Gasteiger partial charge >= 0.3 is 0 Å². The Hall–Kier alpha value is -2.21. The Morgan fingerprint density at radius 3 is 2.56 bits per heavy atom. The van der Waals surface area contributed by atoms with Gasteiger partial charge in [-0.15, -0.1) is 0 Å². The van der Waals surface area contributed by atoms with Crippen molar-refractivity contribution in [1.29, 1.82) is 5.26 Å². The second-order valence-corrected chi connectivity index (χ2v) is 3.21. The molecule has 1 aromatic rings. The lowest BCUT2D eigenvalue weighted by Gasteiger charge is -2.17. The molecule has 3 heteroatoms. The van der Waals surface area contributed by atoms with E-state index in [1.165, 1.54) is 7.11 Å². The van der Waals surface area contributed by atoms with Crippen LogP contribution in [0.15, 0.2) is 54.4 Å². The van der Waals surface area contributed by atoms with E-state index < -0.39 is 0 Å². The SMILES string of the molecule is C=C(/C=C(\C#N)N(C)c1ccccc1)OC. The van der Waals surface area contributed by atoms with Crippen LogP contribution in [0.2, 0.25) is 0 Å². The highest BCUT2D eigenvalue weighted by Gasteiger charge is 2.06. The number of allylic oxidation sites excluding steroid dienone is 2. The van der Waals surface area contributed by atoms with Crippen molar-refractivity contribution in [1.82, 2.24) is 0 Å². The van der Waals surface area contributed by atoms with Crippen LogP contribution in [0, 0.1) is 11.3 Å². The Bertz CT molecular complexity index is 429. The zero-order valence-electron chi connectivity index (χ0n) is 9.47. The lowest BCUT2D eigenvalue weighted by molar-refractivity contribution is 0.308. The molecule has 0 N–H and O–H groups in total. The maximum Gasteiger partial charge on any atom is 0.124 e. The summed E-state index contributed by atoms with van der Waals surface area (Å²) in [6.07, 6.45) is 1.60. The molecule has 0 fully saturated rings. The first-order valence-corrected chi connectivity index (χ1v) is 4.82. The van der Waals surface area contributed by atoms with Crippen LogP contribution in [0.5, 0.6) is 0 Å². The topological polar surface area (TPSA) is 36.3 Å². The van der Waals surface area contributed by atoms with Crippen LogP contribution in [0.25, 0.3) is 0 Å². The molecule has 0 atom stereocenters. The summed E-state index contributed by atoms with van der Waals surface area (Å²) in [4.78, 5) is 1.78. The van der Waals surface area contributed by atoms with E-state index in [1.54, 1.807) is 11.0 Å². The summed E-state index contributed by atoms with van der Waals surface area (Å²) in [7, 11) is 3.35. The van der Waals surface area contributed by atoms with Crippen molar-refractivity contribution in [2.24, 2.45) is 0 Å². The molecule has 0 aliphatic heterocycles. The molecule has 0 aliphatic carbocycles. The largest absolute Gasteiger partial charge is 0.497 e. The number of para-hydroxylation sites is 1. The molecule has 0 heterocycles. The average Bonchev–Trinajstić information content (AvgIpc) is 2.35. The van der Waals surface area contributed by atoms with Gasteiger partial charge in [-0.25, -0.2) is 0 Å². The minimum absolute atomic E-state index is 0.458. The number of hydrogen-bond acceptors (Lipinski definition) is 3. The molecule has 1 rings (SSSR count). The van der Waals surface area contributed by atoms with E-state index in [1.807, 2.05) is 37.4 Å². The Kier molecular flexibility index (Phi) is 4.16. The van der Waals surface area contributed by atoms with Gasteiger partial charge < -0.3 is 9.64 Å². The number of hydrogen-bond donors (Lipinski definition) is 0. The zero-order valence-corrected chi connectivity index (χ0v) is 9.47. The predicted octanol–water partition coefficient (Wildman–Crippen LogP) is 2.69. The van der Waals surface area contributed by atoms with Crippen molar-refractivity contribution in [2.75, 3.05) is 19.1 Å². The summed E-state index contributed by atoms with van der Waals surface area (Å²) >= 11 is 0. The standard InChI is InChI=1S/C13H14N2O/c1-11(16-3)9-13(10-14)15(2)12-7-5-4-6-8-12/h4-9H,1H2,2-3H3/b13-9+. The van der Waals surface area contributed by atoms with Crippen LogP contribution < -0.4 is 4.90 Å². The molecule has 0 saturated heterocycles. The van der Waals surface area contributed by atoms with Gasteiger partial charge in [-0.1, -0.05) is 24.8 Å². The third kappa shape index (κ3) is 2.89. The van der Waals surface area contributed by atoms with E-state index in [0.717, 1.165) is 5.69 Å². The highest BCUT2D eigenvalue weighted by molar-refractivity contribution is 5.55. The Morgan fingerprint density at radius 2 is 2.06 bits per heavy atom. The van der Waals surface area contributed by atoms with Gasteiger partial charge in [0.05, 0.1) is 7.11 Å². The summed E-state index contributed by atoms with van der Waals surface area (Å²) in [6.45, 7) is 3.66. The minimum atomic E-state index is 0.458. The highest BCUT2D eigenvalue weighted by atomic mass is 16.5. The maximum atomic E-state index is 9.05. The Balaban J connectivity index is 2.96. The smallest absolute Gasteiger partial charge is 0.124 e. The number of nitriles is 1. The summed E-state index contributed by atoms with van der Waals surface area (Å²) in [5.41, 5.74) is 1.43. The van der Waals surface area contributed by atoms with E-state index in [9.17, 15) is 0 Å². The van der Waals surface area contributed by atoms with Gasteiger partial charge in [0.15, 0.2) is 0 Å². The lowest BCUT2D eigenvalue weighted by Crippen LogP contribution is -2.15. The third-order valence-corrected chi connectivity index (χ3v) is 2.18. The second kappa shape index (κ2) is 5.62. The van der Waals surface area contributed by atoms with Gasteiger partial charge in [-0.2, -0.15) is 5.26 Å². The number of methoxy groups -OCH3 is 1. The third-order valence-electron chi connectivity index (χ3n) is 2.18.